The number of nitrogens with zero attached hydrogens (tertiary/aromatic N) is 2. The van der Waals surface area contributed by atoms with Gasteiger partial charge in [0, 0.05) is 11.3 Å². The van der Waals surface area contributed by atoms with Crippen molar-refractivity contribution in [1.82, 2.24) is 10.2 Å². The van der Waals surface area contributed by atoms with Crippen molar-refractivity contribution in [1.29, 1.82) is 0 Å². The number of benzene rings is 1. The second-order valence-electron chi connectivity index (χ2n) is 4.01. The molecule has 0 bridgehead atoms. The molecular weight excluding hydrogens is 390 g/mol. The zero-order chi connectivity index (χ0) is 13.9. The first kappa shape index (κ1) is 13.4. The van der Waals surface area contributed by atoms with Gasteiger partial charge in [-0.15, -0.1) is 10.2 Å². The molecule has 0 aliphatic heterocycles. The molecule has 0 atom stereocenters. The van der Waals surface area contributed by atoms with Crippen molar-refractivity contribution in [2.45, 2.75) is 6.54 Å². The van der Waals surface area contributed by atoms with Crippen molar-refractivity contribution in [2.24, 2.45) is 0 Å². The van der Waals surface area contributed by atoms with Crippen LogP contribution >= 0.6 is 31.9 Å². The number of rotatable bonds is 4. The SMILES string of the molecule is Brc1cc(CNc2ccc(-c3nnco3)cc2)oc1Br. The Hall–Kier alpha value is -1.60. The largest absolute Gasteiger partial charge is 0.451 e. The van der Waals surface area contributed by atoms with Gasteiger partial charge in [0.05, 0.1) is 11.0 Å². The number of anilines is 1. The van der Waals surface area contributed by atoms with E-state index in [1.165, 1.54) is 6.39 Å². The third-order valence-corrected chi connectivity index (χ3v) is 4.36. The molecule has 0 aliphatic rings. The second-order valence-corrected chi connectivity index (χ2v) is 5.58. The maximum atomic E-state index is 5.49. The first-order valence-corrected chi connectivity index (χ1v) is 7.35. The Morgan fingerprint density at radius 3 is 2.55 bits per heavy atom. The average molecular weight is 399 g/mol. The Bertz CT molecular complexity index is 673. The fourth-order valence-corrected chi connectivity index (χ4v) is 2.36. The van der Waals surface area contributed by atoms with Crippen LogP contribution in [-0.2, 0) is 6.54 Å². The van der Waals surface area contributed by atoms with E-state index < -0.39 is 0 Å². The van der Waals surface area contributed by atoms with E-state index >= 15 is 0 Å². The molecule has 0 unspecified atom stereocenters. The molecule has 7 heteroatoms. The molecule has 2 heterocycles. The summed E-state index contributed by atoms with van der Waals surface area (Å²) in [5.41, 5.74) is 1.87. The minimum absolute atomic E-state index is 0.510. The highest BCUT2D eigenvalue weighted by Crippen LogP contribution is 2.27. The zero-order valence-corrected chi connectivity index (χ0v) is 13.3. The lowest BCUT2D eigenvalue weighted by atomic mass is 10.2. The molecule has 0 saturated heterocycles. The quantitative estimate of drug-likeness (QED) is 0.702. The van der Waals surface area contributed by atoms with Crippen molar-refractivity contribution in [3.8, 4) is 11.5 Å². The van der Waals surface area contributed by atoms with E-state index in [1.54, 1.807) is 0 Å². The molecule has 3 aromatic rings. The summed E-state index contributed by atoms with van der Waals surface area (Å²) >= 11 is 6.69. The van der Waals surface area contributed by atoms with Crippen LogP contribution in [0, 0.1) is 0 Å². The van der Waals surface area contributed by atoms with E-state index in [0.717, 1.165) is 21.5 Å². The van der Waals surface area contributed by atoms with E-state index in [1.807, 2.05) is 30.3 Å². The van der Waals surface area contributed by atoms with Crippen LogP contribution in [0.15, 0.2) is 54.7 Å². The van der Waals surface area contributed by atoms with Crippen LogP contribution in [0.1, 0.15) is 5.76 Å². The maximum Gasteiger partial charge on any atom is 0.247 e. The molecule has 1 N–H and O–H groups in total. The van der Waals surface area contributed by atoms with E-state index in [9.17, 15) is 0 Å². The number of aromatic nitrogens is 2. The molecule has 0 radical (unpaired) electrons. The summed E-state index contributed by atoms with van der Waals surface area (Å²) in [5.74, 6) is 1.35. The van der Waals surface area contributed by atoms with Gasteiger partial charge in [-0.1, -0.05) is 0 Å². The van der Waals surface area contributed by atoms with Crippen molar-refractivity contribution in [2.75, 3.05) is 5.32 Å². The van der Waals surface area contributed by atoms with E-state index in [2.05, 4.69) is 47.4 Å². The molecule has 3 rings (SSSR count). The smallest absolute Gasteiger partial charge is 0.247 e. The van der Waals surface area contributed by atoms with Crippen LogP contribution in [0.25, 0.3) is 11.5 Å². The first-order valence-electron chi connectivity index (χ1n) is 5.76. The zero-order valence-electron chi connectivity index (χ0n) is 10.1. The molecule has 0 fully saturated rings. The first-order chi connectivity index (χ1) is 9.72. The number of furan rings is 1. The van der Waals surface area contributed by atoms with Crippen molar-refractivity contribution in [3.63, 3.8) is 0 Å². The highest BCUT2D eigenvalue weighted by Gasteiger charge is 2.06. The summed E-state index contributed by atoms with van der Waals surface area (Å²) in [5, 5.41) is 10.8. The lowest BCUT2D eigenvalue weighted by Crippen LogP contribution is -1.97. The molecule has 0 aliphatic carbocycles. The second kappa shape index (κ2) is 5.80. The van der Waals surface area contributed by atoms with Gasteiger partial charge in [-0.05, 0) is 62.2 Å². The molecule has 0 saturated carbocycles. The normalized spacial score (nSPS) is 10.7. The summed E-state index contributed by atoms with van der Waals surface area (Å²) in [4.78, 5) is 0. The Morgan fingerprint density at radius 1 is 1.15 bits per heavy atom. The Morgan fingerprint density at radius 2 is 1.95 bits per heavy atom. The number of nitrogens with one attached hydrogen (secondary N) is 1. The number of hydrogen-bond acceptors (Lipinski definition) is 5. The van der Waals surface area contributed by atoms with E-state index in [4.69, 9.17) is 8.83 Å². The lowest BCUT2D eigenvalue weighted by Gasteiger charge is -2.04. The molecular formula is C13H9Br2N3O2. The van der Waals surface area contributed by atoms with Crippen LogP contribution < -0.4 is 5.32 Å². The molecule has 5 nitrogen and oxygen atoms in total. The highest BCUT2D eigenvalue weighted by atomic mass is 79.9. The van der Waals surface area contributed by atoms with Gasteiger partial charge < -0.3 is 14.2 Å². The molecule has 20 heavy (non-hydrogen) atoms. The maximum absolute atomic E-state index is 5.49. The van der Waals surface area contributed by atoms with Crippen molar-refractivity contribution < 1.29 is 8.83 Å². The van der Waals surface area contributed by atoms with Crippen molar-refractivity contribution in [3.05, 3.63) is 51.6 Å². The summed E-state index contributed by atoms with van der Waals surface area (Å²) in [7, 11) is 0. The Kier molecular flexibility index (Phi) is 3.88. The van der Waals surface area contributed by atoms with E-state index in [0.29, 0.717) is 17.1 Å². The van der Waals surface area contributed by atoms with Gasteiger partial charge in [0.25, 0.3) is 0 Å². The molecule has 102 valence electrons. The van der Waals surface area contributed by atoms with Gasteiger partial charge in [0.1, 0.15) is 5.76 Å². The van der Waals surface area contributed by atoms with Crippen LogP contribution in [-0.4, -0.2) is 10.2 Å². The van der Waals surface area contributed by atoms with Crippen LogP contribution in [0.2, 0.25) is 0 Å². The summed E-state index contributed by atoms with van der Waals surface area (Å²) < 4.78 is 12.2. The van der Waals surface area contributed by atoms with Crippen LogP contribution in [0.4, 0.5) is 5.69 Å². The molecule has 0 spiro atoms. The Balaban J connectivity index is 1.66. The van der Waals surface area contributed by atoms with Gasteiger partial charge in [-0.25, -0.2) is 0 Å². The monoisotopic (exact) mass is 397 g/mol. The third kappa shape index (κ3) is 2.94. The van der Waals surface area contributed by atoms with Gasteiger partial charge in [0.2, 0.25) is 12.3 Å². The highest BCUT2D eigenvalue weighted by molar-refractivity contribution is 9.13. The topological polar surface area (TPSA) is 64.1 Å². The predicted molar refractivity (Wildman–Crippen MR) is 81.2 cm³/mol. The van der Waals surface area contributed by atoms with Gasteiger partial charge in [0.15, 0.2) is 4.67 Å². The van der Waals surface area contributed by atoms with Crippen molar-refractivity contribution >= 4 is 37.5 Å². The standard InChI is InChI=1S/C13H9Br2N3O2/c14-11-5-10(20-12(11)15)6-16-9-3-1-8(2-4-9)13-18-17-7-19-13/h1-5,7,16H,6H2. The minimum atomic E-state index is 0.510. The summed E-state index contributed by atoms with van der Waals surface area (Å²) in [6.07, 6.45) is 1.31. The fraction of sp³-hybridized carbons (Fsp3) is 0.0769. The Labute approximate surface area is 131 Å². The van der Waals surface area contributed by atoms with Crippen LogP contribution in [0.5, 0.6) is 0 Å². The fourth-order valence-electron chi connectivity index (χ4n) is 1.70. The summed E-state index contributed by atoms with van der Waals surface area (Å²) in [6.45, 7) is 0.601. The molecule has 0 amide bonds. The number of halogens is 2. The summed E-state index contributed by atoms with van der Waals surface area (Å²) in [6, 6.07) is 9.66. The third-order valence-electron chi connectivity index (χ3n) is 2.65. The molecule has 2 aromatic heterocycles. The van der Waals surface area contributed by atoms with Gasteiger partial charge in [-0.2, -0.15) is 0 Å². The van der Waals surface area contributed by atoms with Crippen LogP contribution in [0.3, 0.4) is 0 Å². The van der Waals surface area contributed by atoms with E-state index in [-0.39, 0.29) is 0 Å². The lowest BCUT2D eigenvalue weighted by molar-refractivity contribution is 0.494. The molecule has 1 aromatic carbocycles. The average Bonchev–Trinajstić information content (AvgIpc) is 3.08. The van der Waals surface area contributed by atoms with Gasteiger partial charge >= 0.3 is 0 Å². The minimum Gasteiger partial charge on any atom is -0.451 e. The van der Waals surface area contributed by atoms with Gasteiger partial charge in [-0.3, -0.25) is 0 Å². The number of hydrogen-bond donors (Lipinski definition) is 1. The predicted octanol–water partition coefficient (Wildman–Crippen LogP) is 4.47.